The van der Waals surface area contributed by atoms with Gasteiger partial charge in [0.25, 0.3) is 0 Å². The summed E-state index contributed by atoms with van der Waals surface area (Å²) in [5.74, 6) is 1.02. The van der Waals surface area contributed by atoms with Crippen LogP contribution in [-0.2, 0) is 0 Å². The number of H-pyrrole nitrogens is 1. The zero-order chi connectivity index (χ0) is 8.55. The van der Waals surface area contributed by atoms with E-state index in [0.29, 0.717) is 6.04 Å². The van der Waals surface area contributed by atoms with Gasteiger partial charge in [-0.25, -0.2) is 4.98 Å². The molecule has 1 aromatic rings. The van der Waals surface area contributed by atoms with Gasteiger partial charge in [0, 0.05) is 0 Å². The molecule has 0 aliphatic carbocycles. The molecule has 0 unspecified atom stereocenters. The summed E-state index contributed by atoms with van der Waals surface area (Å²) in [7, 11) is 0. The maximum atomic E-state index is 4.34. The van der Waals surface area contributed by atoms with Gasteiger partial charge < -0.3 is 10.3 Å². The monoisotopic (exact) mass is 293 g/mol. The van der Waals surface area contributed by atoms with Crippen LogP contribution in [0.4, 0.5) is 0 Å². The van der Waals surface area contributed by atoms with Crippen LogP contribution < -0.4 is 5.32 Å². The lowest BCUT2D eigenvalue weighted by Gasteiger charge is -2.04. The number of aromatic amines is 1. The van der Waals surface area contributed by atoms with E-state index in [1.165, 1.54) is 12.8 Å². The van der Waals surface area contributed by atoms with Crippen molar-refractivity contribution in [1.29, 1.82) is 0 Å². The molecule has 1 aliphatic rings. The number of nitrogens with one attached hydrogen (secondary N) is 2. The van der Waals surface area contributed by atoms with Gasteiger partial charge >= 0.3 is 0 Å². The van der Waals surface area contributed by atoms with E-state index in [9.17, 15) is 0 Å². The number of aromatic nitrogens is 2. The molecule has 0 spiro atoms. The largest absolute Gasteiger partial charge is 0.334 e. The van der Waals surface area contributed by atoms with Gasteiger partial charge in [-0.15, -0.1) is 0 Å². The molecule has 5 heteroatoms. The summed E-state index contributed by atoms with van der Waals surface area (Å²) in [6.07, 6.45) is 2.41. The molecule has 0 amide bonds. The molecule has 0 aromatic carbocycles. The Morgan fingerprint density at radius 3 is 2.75 bits per heavy atom. The predicted molar refractivity (Wildman–Crippen MR) is 54.0 cm³/mol. The van der Waals surface area contributed by atoms with Gasteiger partial charge in [-0.05, 0) is 51.2 Å². The molecule has 2 N–H and O–H groups in total. The van der Waals surface area contributed by atoms with Crippen LogP contribution in [-0.4, -0.2) is 16.5 Å². The van der Waals surface area contributed by atoms with Gasteiger partial charge in [0.15, 0.2) is 0 Å². The lowest BCUT2D eigenvalue weighted by molar-refractivity contribution is 0.611. The van der Waals surface area contributed by atoms with E-state index in [1.807, 2.05) is 0 Å². The first-order valence-electron chi connectivity index (χ1n) is 3.91. The highest BCUT2D eigenvalue weighted by atomic mass is 79.9. The number of nitrogens with zero attached hydrogens (tertiary/aromatic N) is 1. The van der Waals surface area contributed by atoms with E-state index in [4.69, 9.17) is 0 Å². The van der Waals surface area contributed by atoms with E-state index in [0.717, 1.165) is 21.6 Å². The van der Waals surface area contributed by atoms with Gasteiger partial charge in [-0.1, -0.05) is 0 Å². The van der Waals surface area contributed by atoms with Crippen LogP contribution in [0.5, 0.6) is 0 Å². The Labute approximate surface area is 87.6 Å². The van der Waals surface area contributed by atoms with Gasteiger partial charge in [-0.3, -0.25) is 0 Å². The van der Waals surface area contributed by atoms with Gasteiger partial charge in [0.2, 0.25) is 0 Å². The Bertz CT molecular complexity index is 259. The molecule has 1 aliphatic heterocycles. The Balaban J connectivity index is 2.21. The maximum absolute atomic E-state index is 4.34. The second-order valence-electron chi connectivity index (χ2n) is 2.88. The number of hydrogen-bond donors (Lipinski definition) is 2. The van der Waals surface area contributed by atoms with Crippen molar-refractivity contribution in [1.82, 2.24) is 15.3 Å². The van der Waals surface area contributed by atoms with E-state index in [2.05, 4.69) is 47.1 Å². The minimum atomic E-state index is 0.410. The summed E-state index contributed by atoms with van der Waals surface area (Å²) in [4.78, 5) is 7.53. The molecule has 1 saturated heterocycles. The fourth-order valence-corrected chi connectivity index (χ4v) is 2.01. The minimum absolute atomic E-state index is 0.410. The van der Waals surface area contributed by atoms with Crippen molar-refractivity contribution in [2.45, 2.75) is 18.9 Å². The van der Waals surface area contributed by atoms with Crippen molar-refractivity contribution in [3.05, 3.63) is 15.0 Å². The van der Waals surface area contributed by atoms with E-state index < -0.39 is 0 Å². The first-order valence-corrected chi connectivity index (χ1v) is 5.50. The normalized spacial score (nSPS) is 23.3. The summed E-state index contributed by atoms with van der Waals surface area (Å²) < 4.78 is 1.78. The van der Waals surface area contributed by atoms with Crippen LogP contribution in [0.25, 0.3) is 0 Å². The standard InChI is InChI=1S/C7H9Br2N3/c8-5-6(9)12-7(11-5)4-2-1-3-10-4/h4,10H,1-3H2,(H,11,12)/t4-/m0/s1. The summed E-state index contributed by atoms with van der Waals surface area (Å²) in [6.45, 7) is 1.10. The van der Waals surface area contributed by atoms with Gasteiger partial charge in [-0.2, -0.15) is 0 Å². The third-order valence-electron chi connectivity index (χ3n) is 2.03. The molecule has 3 nitrogen and oxygen atoms in total. The van der Waals surface area contributed by atoms with Crippen LogP contribution in [0.1, 0.15) is 24.7 Å². The quantitative estimate of drug-likeness (QED) is 0.835. The highest BCUT2D eigenvalue weighted by Crippen LogP contribution is 2.26. The van der Waals surface area contributed by atoms with Crippen molar-refractivity contribution in [2.24, 2.45) is 0 Å². The zero-order valence-corrected chi connectivity index (χ0v) is 9.57. The van der Waals surface area contributed by atoms with Crippen LogP contribution in [0, 0.1) is 0 Å². The molecule has 0 radical (unpaired) electrons. The van der Waals surface area contributed by atoms with Crippen LogP contribution >= 0.6 is 31.9 Å². The average Bonchev–Trinajstić information content (AvgIpc) is 2.61. The second kappa shape index (κ2) is 3.47. The minimum Gasteiger partial charge on any atom is -0.334 e. The molecule has 1 fully saturated rings. The second-order valence-corrected chi connectivity index (χ2v) is 4.42. The van der Waals surface area contributed by atoms with E-state index in [1.54, 1.807) is 0 Å². The Morgan fingerprint density at radius 2 is 2.25 bits per heavy atom. The summed E-state index contributed by atoms with van der Waals surface area (Å²) in [5, 5.41) is 3.38. The molecule has 0 bridgehead atoms. The molecule has 1 atom stereocenters. The van der Waals surface area contributed by atoms with Crippen molar-refractivity contribution in [2.75, 3.05) is 6.54 Å². The molecule has 66 valence electrons. The van der Waals surface area contributed by atoms with Crippen molar-refractivity contribution in [3.8, 4) is 0 Å². The molecule has 1 aromatic heterocycles. The summed E-state index contributed by atoms with van der Waals surface area (Å²) >= 11 is 6.72. The smallest absolute Gasteiger partial charge is 0.138 e. The third kappa shape index (κ3) is 1.58. The number of rotatable bonds is 1. The Morgan fingerprint density at radius 1 is 1.42 bits per heavy atom. The lowest BCUT2D eigenvalue weighted by Crippen LogP contribution is -2.14. The maximum Gasteiger partial charge on any atom is 0.138 e. The molecular weight excluding hydrogens is 286 g/mol. The molecule has 12 heavy (non-hydrogen) atoms. The first kappa shape index (κ1) is 8.72. The number of imidazole rings is 1. The van der Waals surface area contributed by atoms with Crippen molar-refractivity contribution < 1.29 is 0 Å². The molecule has 2 heterocycles. The summed E-state index contributed by atoms with van der Waals surface area (Å²) in [6, 6.07) is 0.410. The average molecular weight is 295 g/mol. The van der Waals surface area contributed by atoms with Gasteiger partial charge in [0.05, 0.1) is 6.04 Å². The summed E-state index contributed by atoms with van der Waals surface area (Å²) in [5.41, 5.74) is 0. The fraction of sp³-hybridized carbons (Fsp3) is 0.571. The van der Waals surface area contributed by atoms with Crippen molar-refractivity contribution >= 4 is 31.9 Å². The van der Waals surface area contributed by atoms with Gasteiger partial charge in [0.1, 0.15) is 15.0 Å². The highest BCUT2D eigenvalue weighted by molar-refractivity contribution is 9.13. The Hall–Kier alpha value is 0.130. The van der Waals surface area contributed by atoms with Crippen LogP contribution in [0.15, 0.2) is 9.21 Å². The highest BCUT2D eigenvalue weighted by Gasteiger charge is 2.19. The molecular formula is C7H9Br2N3. The molecule has 2 rings (SSSR count). The van der Waals surface area contributed by atoms with E-state index >= 15 is 0 Å². The van der Waals surface area contributed by atoms with Crippen molar-refractivity contribution in [3.63, 3.8) is 0 Å². The Kier molecular flexibility index (Phi) is 2.52. The number of halogens is 2. The predicted octanol–water partition coefficient (Wildman–Crippen LogP) is 2.36. The molecule has 0 saturated carbocycles. The SMILES string of the molecule is Brc1nc([C@@H]2CCCN2)[nH]c1Br. The third-order valence-corrected chi connectivity index (χ3v) is 3.71. The fourth-order valence-electron chi connectivity index (χ4n) is 1.43. The zero-order valence-electron chi connectivity index (χ0n) is 6.40. The topological polar surface area (TPSA) is 40.7 Å². The first-order chi connectivity index (χ1) is 5.77. The lowest BCUT2D eigenvalue weighted by atomic mass is 10.2. The van der Waals surface area contributed by atoms with E-state index in [-0.39, 0.29) is 0 Å². The van der Waals surface area contributed by atoms with Crippen LogP contribution in [0.2, 0.25) is 0 Å². The number of hydrogen-bond acceptors (Lipinski definition) is 2. The van der Waals surface area contributed by atoms with Crippen LogP contribution in [0.3, 0.4) is 0 Å².